The third-order valence-electron chi connectivity index (χ3n) is 4.23. The van der Waals surface area contributed by atoms with E-state index in [2.05, 4.69) is 0 Å². The quantitative estimate of drug-likeness (QED) is 0.679. The second-order valence-electron chi connectivity index (χ2n) is 6.60. The van der Waals surface area contributed by atoms with E-state index >= 15 is 0 Å². The van der Waals surface area contributed by atoms with Crippen molar-refractivity contribution >= 4 is 20.0 Å². The lowest BCUT2D eigenvalue weighted by atomic mass is 9.97. The lowest BCUT2D eigenvalue weighted by molar-refractivity contribution is 0.105. The first-order chi connectivity index (χ1) is 12.6. The Morgan fingerprint density at radius 1 is 0.815 bits per heavy atom. The third kappa shape index (κ3) is 6.42. The van der Waals surface area contributed by atoms with Crippen LogP contribution < -0.4 is 0 Å². The predicted molar refractivity (Wildman–Crippen MR) is 106 cm³/mol. The van der Waals surface area contributed by atoms with Crippen LogP contribution in [0.25, 0.3) is 0 Å². The topological polar surface area (TPSA) is 91.8 Å². The lowest BCUT2D eigenvalue weighted by Crippen LogP contribution is -2.50. The maximum Gasteiger partial charge on any atom is 0.224 e. The van der Waals surface area contributed by atoms with Crippen molar-refractivity contribution in [2.75, 3.05) is 12.5 Å². The minimum absolute atomic E-state index is 0.0942. The highest BCUT2D eigenvalue weighted by Gasteiger charge is 2.38. The summed E-state index contributed by atoms with van der Waals surface area (Å²) in [6, 6.07) is 17.3. The second kappa shape index (κ2) is 8.97. The standard InChI is InChI=1S/C19H25NO5S2/c1-26(22,23)20(27(2,24)25)18(15-17-11-7-4-8-12-17)19(21)14-13-16-9-5-3-6-10-16/h3-12,18-19,21H,13-15H2,1-2H3. The molecule has 6 nitrogen and oxygen atoms in total. The van der Waals surface area contributed by atoms with E-state index < -0.39 is 32.2 Å². The summed E-state index contributed by atoms with van der Waals surface area (Å²) in [5.74, 6) is 0. The zero-order chi connectivity index (χ0) is 20.1. The van der Waals surface area contributed by atoms with Crippen LogP contribution >= 0.6 is 0 Å². The Kier molecular flexibility index (Phi) is 7.16. The summed E-state index contributed by atoms with van der Waals surface area (Å²) in [5, 5.41) is 10.8. The molecule has 0 saturated heterocycles. The average Bonchev–Trinajstić information content (AvgIpc) is 2.58. The predicted octanol–water partition coefficient (Wildman–Crippen LogP) is 1.81. The van der Waals surface area contributed by atoms with Crippen LogP contribution in [0.5, 0.6) is 0 Å². The van der Waals surface area contributed by atoms with E-state index in [0.29, 0.717) is 10.1 Å². The Morgan fingerprint density at radius 3 is 1.70 bits per heavy atom. The van der Waals surface area contributed by atoms with Gasteiger partial charge in [0.2, 0.25) is 20.0 Å². The SMILES string of the molecule is CS(=O)(=O)N(C(Cc1ccccc1)C(O)CCc1ccccc1)S(C)(=O)=O. The van der Waals surface area contributed by atoms with Crippen molar-refractivity contribution < 1.29 is 21.9 Å². The molecular weight excluding hydrogens is 386 g/mol. The molecule has 2 aromatic rings. The van der Waals surface area contributed by atoms with Gasteiger partial charge in [-0.2, -0.15) is 0 Å². The molecule has 1 N–H and O–H groups in total. The average molecular weight is 412 g/mol. The van der Waals surface area contributed by atoms with Crippen molar-refractivity contribution in [2.24, 2.45) is 0 Å². The normalized spacial score (nSPS) is 14.8. The molecule has 2 atom stereocenters. The number of nitrogens with zero attached hydrogens (tertiary/aromatic N) is 1. The maximum atomic E-state index is 12.2. The first kappa shape index (κ1) is 21.6. The molecule has 0 aliphatic heterocycles. The number of hydrogen-bond donors (Lipinski definition) is 1. The van der Waals surface area contributed by atoms with Gasteiger partial charge in [0.1, 0.15) is 0 Å². The maximum absolute atomic E-state index is 12.2. The number of rotatable bonds is 9. The third-order valence-corrected chi connectivity index (χ3v) is 7.70. The Hall–Kier alpha value is -1.74. The molecular formula is C19H25NO5S2. The minimum Gasteiger partial charge on any atom is -0.391 e. The van der Waals surface area contributed by atoms with Crippen LogP contribution in [0.4, 0.5) is 0 Å². The lowest BCUT2D eigenvalue weighted by Gasteiger charge is -2.31. The first-order valence-electron chi connectivity index (χ1n) is 8.54. The highest BCUT2D eigenvalue weighted by atomic mass is 32.3. The molecule has 0 fully saturated rings. The molecule has 0 heterocycles. The van der Waals surface area contributed by atoms with E-state index in [1.807, 2.05) is 36.4 Å². The van der Waals surface area contributed by atoms with E-state index in [1.165, 1.54) is 0 Å². The Labute approximate surface area is 161 Å². The van der Waals surface area contributed by atoms with Crippen LogP contribution in [0, 0.1) is 0 Å². The molecule has 0 aromatic heterocycles. The molecule has 27 heavy (non-hydrogen) atoms. The van der Waals surface area contributed by atoms with Crippen molar-refractivity contribution in [3.63, 3.8) is 0 Å². The van der Waals surface area contributed by atoms with Crippen LogP contribution in [0.1, 0.15) is 17.5 Å². The second-order valence-corrected chi connectivity index (χ2v) is 10.6. The van der Waals surface area contributed by atoms with Crippen molar-refractivity contribution in [1.82, 2.24) is 3.71 Å². The molecule has 0 radical (unpaired) electrons. The summed E-state index contributed by atoms with van der Waals surface area (Å²) >= 11 is 0. The van der Waals surface area contributed by atoms with Gasteiger partial charge in [0, 0.05) is 0 Å². The Bertz CT molecular complexity index is 897. The highest BCUT2D eigenvalue weighted by molar-refractivity contribution is 8.03. The fraction of sp³-hybridized carbons (Fsp3) is 0.368. The molecule has 8 heteroatoms. The largest absolute Gasteiger partial charge is 0.391 e. The Balaban J connectivity index is 2.33. The highest BCUT2D eigenvalue weighted by Crippen LogP contribution is 2.22. The van der Waals surface area contributed by atoms with E-state index in [1.54, 1.807) is 24.3 Å². The van der Waals surface area contributed by atoms with E-state index in [4.69, 9.17) is 0 Å². The van der Waals surface area contributed by atoms with Crippen molar-refractivity contribution in [2.45, 2.75) is 31.4 Å². The smallest absolute Gasteiger partial charge is 0.224 e. The summed E-state index contributed by atoms with van der Waals surface area (Å²) in [7, 11) is -8.17. The summed E-state index contributed by atoms with van der Waals surface area (Å²) in [5.41, 5.74) is 1.74. The van der Waals surface area contributed by atoms with Crippen LogP contribution in [-0.2, 0) is 32.9 Å². The monoisotopic (exact) mass is 411 g/mol. The summed E-state index contributed by atoms with van der Waals surface area (Å²) in [4.78, 5) is 0. The number of sulfonamides is 2. The van der Waals surface area contributed by atoms with Crippen LogP contribution in [0.2, 0.25) is 0 Å². The summed E-state index contributed by atoms with van der Waals surface area (Å²) in [6.07, 6.45) is 1.38. The number of aliphatic hydroxyl groups is 1. The summed E-state index contributed by atoms with van der Waals surface area (Å²) in [6.45, 7) is 0. The van der Waals surface area contributed by atoms with Crippen molar-refractivity contribution in [3.05, 3.63) is 71.8 Å². The van der Waals surface area contributed by atoms with E-state index in [-0.39, 0.29) is 12.8 Å². The van der Waals surface area contributed by atoms with Gasteiger partial charge in [0.15, 0.2) is 0 Å². The molecule has 0 aliphatic rings. The van der Waals surface area contributed by atoms with Gasteiger partial charge in [-0.15, -0.1) is 0 Å². The van der Waals surface area contributed by atoms with Crippen molar-refractivity contribution in [1.29, 1.82) is 0 Å². The molecule has 148 valence electrons. The number of aliphatic hydroxyl groups excluding tert-OH is 1. The molecule has 0 amide bonds. The molecule has 2 unspecified atom stereocenters. The first-order valence-corrected chi connectivity index (χ1v) is 12.2. The molecule has 2 aromatic carbocycles. The number of aryl methyl sites for hydroxylation is 1. The van der Waals surface area contributed by atoms with Gasteiger partial charge in [-0.05, 0) is 30.4 Å². The van der Waals surface area contributed by atoms with Crippen LogP contribution in [0.3, 0.4) is 0 Å². The zero-order valence-electron chi connectivity index (χ0n) is 15.4. The van der Waals surface area contributed by atoms with Gasteiger partial charge in [-0.3, -0.25) is 0 Å². The van der Waals surface area contributed by atoms with Gasteiger partial charge >= 0.3 is 0 Å². The minimum atomic E-state index is -4.08. The van der Waals surface area contributed by atoms with Gasteiger partial charge in [0.05, 0.1) is 24.7 Å². The van der Waals surface area contributed by atoms with Gasteiger partial charge in [-0.1, -0.05) is 64.4 Å². The van der Waals surface area contributed by atoms with Crippen LogP contribution in [-0.4, -0.2) is 50.3 Å². The molecule has 0 aliphatic carbocycles. The van der Waals surface area contributed by atoms with Crippen molar-refractivity contribution in [3.8, 4) is 0 Å². The van der Waals surface area contributed by atoms with E-state index in [0.717, 1.165) is 23.6 Å². The Morgan fingerprint density at radius 2 is 1.26 bits per heavy atom. The number of benzene rings is 2. The van der Waals surface area contributed by atoms with Gasteiger partial charge in [-0.25, -0.2) is 16.8 Å². The van der Waals surface area contributed by atoms with Crippen LogP contribution in [0.15, 0.2) is 60.7 Å². The zero-order valence-corrected chi connectivity index (χ0v) is 17.0. The molecule has 0 bridgehead atoms. The summed E-state index contributed by atoms with van der Waals surface area (Å²) < 4.78 is 49.3. The molecule has 0 saturated carbocycles. The number of hydrogen-bond acceptors (Lipinski definition) is 5. The van der Waals surface area contributed by atoms with Gasteiger partial charge < -0.3 is 5.11 Å². The fourth-order valence-electron chi connectivity index (χ4n) is 3.10. The fourth-order valence-corrected chi connectivity index (χ4v) is 6.48. The van der Waals surface area contributed by atoms with E-state index in [9.17, 15) is 21.9 Å². The molecule has 0 spiro atoms. The molecule has 2 rings (SSSR count). The van der Waals surface area contributed by atoms with Gasteiger partial charge in [0.25, 0.3) is 0 Å².